The minimum absolute atomic E-state index is 0.295. The molecular weight excluding hydrogens is 231 g/mol. The molecule has 2 rings (SSSR count). The molecule has 2 atom stereocenters. The lowest BCUT2D eigenvalue weighted by Gasteiger charge is -2.36. The van der Waals surface area contributed by atoms with Gasteiger partial charge in [-0.05, 0) is 36.8 Å². The summed E-state index contributed by atoms with van der Waals surface area (Å²) in [5.74, 6) is -0.671. The Morgan fingerprint density at radius 3 is 2.83 bits per heavy atom. The van der Waals surface area contributed by atoms with Crippen LogP contribution in [0.3, 0.4) is 0 Å². The second-order valence-electron chi connectivity index (χ2n) is 5.56. The molecule has 0 aliphatic heterocycles. The molecule has 1 fully saturated rings. The van der Waals surface area contributed by atoms with Crippen LogP contribution in [0.5, 0.6) is 0 Å². The second kappa shape index (κ2) is 5.09. The lowest BCUT2D eigenvalue weighted by atomic mass is 9.67. The lowest BCUT2D eigenvalue weighted by Crippen LogP contribution is -2.38. The van der Waals surface area contributed by atoms with Gasteiger partial charge in [-0.25, -0.2) is 4.39 Å². The first-order valence-electron chi connectivity index (χ1n) is 6.50. The standard InChI is InChI=1S/C15H19FO2/c1-11-5-4-8-15(9-11,14(17)18)10-12-6-2-3-7-13(12)16/h2-3,6-7,11H,4-5,8-10H2,1H3,(H,17,18). The Bertz CT molecular complexity index is 444. The Balaban J connectivity index is 2.26. The quantitative estimate of drug-likeness (QED) is 0.889. The van der Waals surface area contributed by atoms with Crippen LogP contribution in [-0.4, -0.2) is 11.1 Å². The number of hydrogen-bond donors (Lipinski definition) is 1. The molecule has 1 saturated carbocycles. The molecule has 1 aromatic carbocycles. The van der Waals surface area contributed by atoms with Crippen molar-refractivity contribution in [2.24, 2.45) is 11.3 Å². The molecule has 2 unspecified atom stereocenters. The smallest absolute Gasteiger partial charge is 0.309 e. The van der Waals surface area contributed by atoms with E-state index in [1.54, 1.807) is 18.2 Å². The topological polar surface area (TPSA) is 37.3 Å². The Labute approximate surface area is 107 Å². The maximum absolute atomic E-state index is 13.7. The number of carbonyl (C=O) groups is 1. The van der Waals surface area contributed by atoms with E-state index < -0.39 is 11.4 Å². The largest absolute Gasteiger partial charge is 0.481 e. The second-order valence-corrected chi connectivity index (χ2v) is 5.56. The Hall–Kier alpha value is -1.38. The van der Waals surface area contributed by atoms with Crippen LogP contribution in [0, 0.1) is 17.2 Å². The van der Waals surface area contributed by atoms with Crippen LogP contribution in [0.1, 0.15) is 38.2 Å². The minimum atomic E-state index is -0.780. The zero-order valence-electron chi connectivity index (χ0n) is 10.7. The normalized spacial score (nSPS) is 28.0. The predicted octanol–water partition coefficient (Wildman–Crippen LogP) is 3.65. The van der Waals surface area contributed by atoms with Gasteiger partial charge < -0.3 is 5.11 Å². The van der Waals surface area contributed by atoms with Gasteiger partial charge in [-0.2, -0.15) is 0 Å². The SMILES string of the molecule is CC1CCCC(Cc2ccccc2F)(C(=O)O)C1. The van der Waals surface area contributed by atoms with Crippen molar-refractivity contribution in [3.63, 3.8) is 0 Å². The molecule has 0 saturated heterocycles. The van der Waals surface area contributed by atoms with Gasteiger partial charge in [-0.15, -0.1) is 0 Å². The fraction of sp³-hybridized carbons (Fsp3) is 0.533. The first kappa shape index (κ1) is 13.1. The Kier molecular flexibility index (Phi) is 3.69. The molecule has 0 bridgehead atoms. The molecule has 0 heterocycles. The zero-order chi connectivity index (χ0) is 13.2. The van der Waals surface area contributed by atoms with Crippen molar-refractivity contribution in [3.8, 4) is 0 Å². The zero-order valence-corrected chi connectivity index (χ0v) is 10.7. The van der Waals surface area contributed by atoms with Gasteiger partial charge in [-0.1, -0.05) is 38.0 Å². The predicted molar refractivity (Wildman–Crippen MR) is 67.8 cm³/mol. The molecule has 0 spiro atoms. The van der Waals surface area contributed by atoms with Crippen LogP contribution in [0.4, 0.5) is 4.39 Å². The van der Waals surface area contributed by atoms with Crippen molar-refractivity contribution in [1.82, 2.24) is 0 Å². The third-order valence-electron chi connectivity index (χ3n) is 4.03. The first-order chi connectivity index (χ1) is 8.53. The number of carboxylic acids is 1. The number of aliphatic carboxylic acids is 1. The highest BCUT2D eigenvalue weighted by atomic mass is 19.1. The van der Waals surface area contributed by atoms with Gasteiger partial charge in [0.15, 0.2) is 0 Å². The van der Waals surface area contributed by atoms with Crippen molar-refractivity contribution >= 4 is 5.97 Å². The molecular formula is C15H19FO2. The minimum Gasteiger partial charge on any atom is -0.481 e. The molecule has 1 aliphatic rings. The highest BCUT2D eigenvalue weighted by molar-refractivity contribution is 5.75. The van der Waals surface area contributed by atoms with Gasteiger partial charge in [0, 0.05) is 0 Å². The Morgan fingerprint density at radius 2 is 2.22 bits per heavy atom. The van der Waals surface area contributed by atoms with Crippen LogP contribution in [0.25, 0.3) is 0 Å². The molecule has 98 valence electrons. The van der Waals surface area contributed by atoms with Gasteiger partial charge in [0.05, 0.1) is 5.41 Å². The van der Waals surface area contributed by atoms with E-state index in [1.807, 2.05) is 0 Å². The van der Waals surface area contributed by atoms with E-state index in [1.165, 1.54) is 6.07 Å². The third-order valence-corrected chi connectivity index (χ3v) is 4.03. The number of benzene rings is 1. The molecule has 0 amide bonds. The van der Waals surface area contributed by atoms with Gasteiger partial charge >= 0.3 is 5.97 Å². The van der Waals surface area contributed by atoms with Crippen LogP contribution in [-0.2, 0) is 11.2 Å². The first-order valence-corrected chi connectivity index (χ1v) is 6.50. The average Bonchev–Trinajstić information content (AvgIpc) is 2.32. The van der Waals surface area contributed by atoms with Crippen LogP contribution in [0.15, 0.2) is 24.3 Å². The monoisotopic (exact) mass is 250 g/mol. The average molecular weight is 250 g/mol. The van der Waals surface area contributed by atoms with E-state index in [0.717, 1.165) is 12.8 Å². The summed E-state index contributed by atoms with van der Waals surface area (Å²) in [6, 6.07) is 6.49. The van der Waals surface area contributed by atoms with Gasteiger partial charge in [0.25, 0.3) is 0 Å². The summed E-state index contributed by atoms with van der Waals surface area (Å²) in [7, 11) is 0. The molecule has 3 heteroatoms. The number of rotatable bonds is 3. The highest BCUT2D eigenvalue weighted by Gasteiger charge is 2.42. The molecule has 2 nitrogen and oxygen atoms in total. The van der Waals surface area contributed by atoms with Crippen LogP contribution < -0.4 is 0 Å². The van der Waals surface area contributed by atoms with E-state index in [-0.39, 0.29) is 5.82 Å². The summed E-state index contributed by atoms with van der Waals surface area (Å²) < 4.78 is 13.7. The molecule has 1 N–H and O–H groups in total. The summed E-state index contributed by atoms with van der Waals surface area (Å²) in [5, 5.41) is 9.54. The van der Waals surface area contributed by atoms with E-state index in [4.69, 9.17) is 0 Å². The Morgan fingerprint density at radius 1 is 1.50 bits per heavy atom. The summed E-state index contributed by atoms with van der Waals surface area (Å²) in [4.78, 5) is 11.6. The van der Waals surface area contributed by atoms with Crippen molar-refractivity contribution in [3.05, 3.63) is 35.6 Å². The number of carboxylic acid groups (broad SMARTS) is 1. The van der Waals surface area contributed by atoms with Crippen molar-refractivity contribution in [2.45, 2.75) is 39.0 Å². The maximum Gasteiger partial charge on any atom is 0.309 e. The van der Waals surface area contributed by atoms with Crippen LogP contribution in [0.2, 0.25) is 0 Å². The summed E-state index contributed by atoms with van der Waals surface area (Å²) in [5.41, 5.74) is -0.256. The van der Waals surface area contributed by atoms with Gasteiger partial charge in [0.1, 0.15) is 5.82 Å². The van der Waals surface area contributed by atoms with E-state index in [2.05, 4.69) is 6.92 Å². The van der Waals surface area contributed by atoms with E-state index >= 15 is 0 Å². The fourth-order valence-electron chi connectivity index (χ4n) is 3.10. The van der Waals surface area contributed by atoms with Crippen molar-refractivity contribution < 1.29 is 14.3 Å². The van der Waals surface area contributed by atoms with E-state index in [0.29, 0.717) is 30.7 Å². The molecule has 1 aliphatic carbocycles. The molecule has 0 aromatic heterocycles. The summed E-state index contributed by atoms with van der Waals surface area (Å²) in [6.45, 7) is 2.08. The molecule has 1 aromatic rings. The van der Waals surface area contributed by atoms with Crippen LogP contribution >= 0.6 is 0 Å². The fourth-order valence-corrected chi connectivity index (χ4v) is 3.10. The summed E-state index contributed by atoms with van der Waals surface area (Å²) in [6.07, 6.45) is 3.60. The van der Waals surface area contributed by atoms with Gasteiger partial charge in [-0.3, -0.25) is 4.79 Å². The van der Waals surface area contributed by atoms with Crippen molar-refractivity contribution in [2.75, 3.05) is 0 Å². The number of hydrogen-bond acceptors (Lipinski definition) is 1. The summed E-state index contributed by atoms with van der Waals surface area (Å²) >= 11 is 0. The van der Waals surface area contributed by atoms with Crippen molar-refractivity contribution in [1.29, 1.82) is 0 Å². The third kappa shape index (κ3) is 2.55. The number of halogens is 1. The molecule has 0 radical (unpaired) electrons. The van der Waals surface area contributed by atoms with E-state index in [9.17, 15) is 14.3 Å². The lowest BCUT2D eigenvalue weighted by molar-refractivity contribution is -0.152. The highest BCUT2D eigenvalue weighted by Crippen LogP contribution is 2.42. The van der Waals surface area contributed by atoms with Gasteiger partial charge in [0.2, 0.25) is 0 Å². The molecule has 18 heavy (non-hydrogen) atoms. The maximum atomic E-state index is 13.7.